The maximum absolute atomic E-state index is 13.1. The number of fused-ring (bicyclic) bond motifs is 5. The molecule has 2 aromatic heterocycles. The number of carbonyl (C=O) groups excluding carboxylic acids is 1. The molecule has 7 nitrogen and oxygen atoms in total. The van der Waals surface area contributed by atoms with Crippen LogP contribution in [0.4, 0.5) is 0 Å². The molecule has 0 saturated carbocycles. The first-order chi connectivity index (χ1) is 14.0. The number of amides is 1. The Morgan fingerprint density at radius 1 is 1.31 bits per heavy atom. The van der Waals surface area contributed by atoms with Crippen molar-refractivity contribution in [2.75, 3.05) is 13.2 Å². The summed E-state index contributed by atoms with van der Waals surface area (Å²) < 4.78 is 1.95. The van der Waals surface area contributed by atoms with Gasteiger partial charge in [-0.1, -0.05) is 23.2 Å². The number of hydrogen-bond donors (Lipinski definition) is 2. The molecular weight excluding hydrogens is 413 g/mol. The van der Waals surface area contributed by atoms with E-state index in [4.69, 9.17) is 28.3 Å². The lowest BCUT2D eigenvalue weighted by Gasteiger charge is -2.27. The monoisotopic (exact) mass is 431 g/mol. The molecule has 2 aliphatic rings. The van der Waals surface area contributed by atoms with Crippen LogP contribution >= 0.6 is 23.2 Å². The highest BCUT2D eigenvalue weighted by Crippen LogP contribution is 2.35. The van der Waals surface area contributed by atoms with Crippen LogP contribution in [0.15, 0.2) is 24.4 Å². The molecule has 0 saturated heterocycles. The average molecular weight is 432 g/mol. The van der Waals surface area contributed by atoms with E-state index >= 15 is 0 Å². The summed E-state index contributed by atoms with van der Waals surface area (Å²) in [5.41, 5.74) is 5.40. The van der Waals surface area contributed by atoms with E-state index in [0.29, 0.717) is 41.7 Å². The minimum Gasteiger partial charge on any atom is -0.396 e. The fourth-order valence-corrected chi connectivity index (χ4v) is 4.52. The Bertz CT molecular complexity index is 1110. The zero-order chi connectivity index (χ0) is 20.1. The van der Waals surface area contributed by atoms with Gasteiger partial charge in [-0.05, 0) is 30.2 Å². The lowest BCUT2D eigenvalue weighted by Crippen LogP contribution is -2.36. The molecule has 0 fully saturated rings. The van der Waals surface area contributed by atoms with Crippen LogP contribution in [0.2, 0.25) is 10.0 Å². The molecule has 0 bridgehead atoms. The highest BCUT2D eigenvalue weighted by molar-refractivity contribution is 6.42. The topological polar surface area (TPSA) is 87.0 Å². The van der Waals surface area contributed by atoms with Crippen LogP contribution in [0.3, 0.4) is 0 Å². The molecule has 4 heterocycles. The summed E-state index contributed by atoms with van der Waals surface area (Å²) >= 11 is 12.1. The van der Waals surface area contributed by atoms with Crippen LogP contribution in [0.5, 0.6) is 0 Å². The molecule has 5 rings (SSSR count). The Morgan fingerprint density at radius 2 is 2.17 bits per heavy atom. The van der Waals surface area contributed by atoms with Crippen molar-refractivity contribution in [1.29, 1.82) is 0 Å². The second-order valence-electron chi connectivity index (χ2n) is 7.57. The molecule has 0 radical (unpaired) electrons. The average Bonchev–Trinajstić information content (AvgIpc) is 3.28. The molecule has 1 amide bonds. The predicted molar refractivity (Wildman–Crippen MR) is 109 cm³/mol. The maximum Gasteiger partial charge on any atom is 0.254 e. The second kappa shape index (κ2) is 7.16. The van der Waals surface area contributed by atoms with Crippen LogP contribution in [0.1, 0.15) is 27.2 Å². The third-order valence-corrected chi connectivity index (χ3v) is 6.44. The quantitative estimate of drug-likeness (QED) is 0.652. The number of aromatic amines is 1. The molecule has 150 valence electrons. The predicted octanol–water partition coefficient (Wildman–Crippen LogP) is 2.94. The van der Waals surface area contributed by atoms with E-state index in [1.165, 1.54) is 0 Å². The Hall–Kier alpha value is -2.35. The Morgan fingerprint density at radius 3 is 2.97 bits per heavy atom. The summed E-state index contributed by atoms with van der Waals surface area (Å²) in [6.45, 7) is 1.77. The zero-order valence-electron chi connectivity index (χ0n) is 15.5. The molecule has 1 atom stereocenters. The Kier molecular flexibility index (Phi) is 4.61. The van der Waals surface area contributed by atoms with Gasteiger partial charge in [-0.25, -0.2) is 0 Å². The van der Waals surface area contributed by atoms with Gasteiger partial charge < -0.3 is 10.0 Å². The normalized spacial score (nSPS) is 18.0. The first-order valence-corrected chi connectivity index (χ1v) is 10.3. The smallest absolute Gasteiger partial charge is 0.254 e. The summed E-state index contributed by atoms with van der Waals surface area (Å²) in [5, 5.41) is 22.7. The summed E-state index contributed by atoms with van der Waals surface area (Å²) in [6.07, 6.45) is 3.30. The Balaban J connectivity index is 1.51. The molecule has 0 spiro atoms. The molecule has 3 aromatic rings. The maximum atomic E-state index is 13.1. The van der Waals surface area contributed by atoms with Gasteiger partial charge in [0.15, 0.2) is 0 Å². The number of benzene rings is 1. The summed E-state index contributed by atoms with van der Waals surface area (Å²) in [7, 11) is 0. The number of halogens is 2. The van der Waals surface area contributed by atoms with Crippen molar-refractivity contribution < 1.29 is 9.90 Å². The fourth-order valence-electron chi connectivity index (χ4n) is 4.23. The summed E-state index contributed by atoms with van der Waals surface area (Å²) in [4.78, 5) is 14.9. The first kappa shape index (κ1) is 18.7. The van der Waals surface area contributed by atoms with Crippen molar-refractivity contribution in [3.63, 3.8) is 0 Å². The number of carbonyl (C=O) groups is 1. The number of H-pyrrole nitrogens is 1. The van der Waals surface area contributed by atoms with Gasteiger partial charge >= 0.3 is 0 Å². The van der Waals surface area contributed by atoms with Crippen molar-refractivity contribution in [3.05, 3.63) is 56.8 Å². The van der Waals surface area contributed by atoms with Crippen LogP contribution in [0, 0.1) is 5.92 Å². The van der Waals surface area contributed by atoms with Crippen LogP contribution < -0.4 is 0 Å². The molecule has 29 heavy (non-hydrogen) atoms. The molecule has 2 N–H and O–H groups in total. The van der Waals surface area contributed by atoms with Crippen molar-refractivity contribution in [2.45, 2.75) is 25.9 Å². The van der Waals surface area contributed by atoms with Crippen molar-refractivity contribution >= 4 is 29.1 Å². The molecule has 1 aromatic carbocycles. The van der Waals surface area contributed by atoms with Gasteiger partial charge in [0.25, 0.3) is 5.91 Å². The van der Waals surface area contributed by atoms with Gasteiger partial charge in [0, 0.05) is 49.4 Å². The van der Waals surface area contributed by atoms with Crippen LogP contribution in [-0.4, -0.2) is 49.0 Å². The van der Waals surface area contributed by atoms with E-state index in [9.17, 15) is 9.90 Å². The third kappa shape index (κ3) is 3.13. The van der Waals surface area contributed by atoms with Gasteiger partial charge in [0.2, 0.25) is 0 Å². The van der Waals surface area contributed by atoms with Gasteiger partial charge in [-0.3, -0.25) is 14.6 Å². The van der Waals surface area contributed by atoms with Gasteiger partial charge in [-0.2, -0.15) is 10.2 Å². The Labute approximate surface area is 177 Å². The minimum atomic E-state index is -0.0849. The van der Waals surface area contributed by atoms with Crippen molar-refractivity contribution in [2.24, 2.45) is 5.92 Å². The largest absolute Gasteiger partial charge is 0.396 e. The third-order valence-electron chi connectivity index (χ3n) is 5.70. The van der Waals surface area contributed by atoms with Crippen LogP contribution in [-0.2, 0) is 25.9 Å². The molecule has 2 aliphatic heterocycles. The number of aliphatic hydroxyl groups is 1. The number of nitrogens with zero attached hydrogens (tertiary/aromatic N) is 4. The SMILES string of the molecule is O=C(c1ccc(Cl)c(Cl)c1)N1CCc2nn3c(c2C1)-c1n[nH]cc1CC(CO)C3. The van der Waals surface area contributed by atoms with E-state index in [-0.39, 0.29) is 18.4 Å². The molecule has 9 heteroatoms. The van der Waals surface area contributed by atoms with Crippen molar-refractivity contribution in [1.82, 2.24) is 24.9 Å². The molecular formula is C20H19Cl2N5O2. The first-order valence-electron chi connectivity index (χ1n) is 9.52. The van der Waals surface area contributed by atoms with E-state index in [0.717, 1.165) is 34.6 Å². The summed E-state index contributed by atoms with van der Waals surface area (Å²) in [5.74, 6) is 0.00109. The van der Waals surface area contributed by atoms with Crippen LogP contribution in [0.25, 0.3) is 11.4 Å². The number of aliphatic hydroxyl groups excluding tert-OH is 1. The second-order valence-corrected chi connectivity index (χ2v) is 8.39. The number of nitrogens with one attached hydrogen (secondary N) is 1. The van der Waals surface area contributed by atoms with E-state index in [1.807, 2.05) is 15.8 Å². The lowest BCUT2D eigenvalue weighted by molar-refractivity contribution is 0.0734. The van der Waals surface area contributed by atoms with E-state index in [2.05, 4.69) is 10.2 Å². The van der Waals surface area contributed by atoms with E-state index < -0.39 is 0 Å². The highest BCUT2D eigenvalue weighted by Gasteiger charge is 2.32. The summed E-state index contributed by atoms with van der Waals surface area (Å²) in [6, 6.07) is 4.95. The number of rotatable bonds is 2. The fraction of sp³-hybridized carbons (Fsp3) is 0.350. The highest BCUT2D eigenvalue weighted by atomic mass is 35.5. The zero-order valence-corrected chi connectivity index (χ0v) is 17.0. The number of hydrogen-bond acceptors (Lipinski definition) is 4. The molecule has 1 unspecified atom stereocenters. The number of aromatic nitrogens is 4. The van der Waals surface area contributed by atoms with Gasteiger partial charge in [-0.15, -0.1) is 0 Å². The minimum absolute atomic E-state index is 0.0849. The molecule has 0 aliphatic carbocycles. The van der Waals surface area contributed by atoms with Gasteiger partial charge in [0.1, 0.15) is 5.69 Å². The van der Waals surface area contributed by atoms with Crippen molar-refractivity contribution in [3.8, 4) is 11.4 Å². The standard InChI is InChI=1S/C20H19Cl2N5O2/c21-15-2-1-12(6-16(15)22)20(29)26-4-3-17-14(9-26)19-18-13(7-23-24-18)5-11(10-28)8-27(19)25-17/h1-2,6-7,11,28H,3-5,8-10H2,(H,23,24). The van der Waals surface area contributed by atoms with Gasteiger partial charge in [0.05, 0.1) is 28.0 Å². The van der Waals surface area contributed by atoms with E-state index in [1.54, 1.807) is 18.2 Å². The lowest BCUT2D eigenvalue weighted by atomic mass is 9.99.